The smallest absolute Gasteiger partial charge is 0.252 e. The average Bonchev–Trinajstić information content (AvgIpc) is 2.53. The fourth-order valence-corrected chi connectivity index (χ4v) is 3.80. The van der Waals surface area contributed by atoms with Gasteiger partial charge in [0.1, 0.15) is 5.82 Å². The second-order valence-electron chi connectivity index (χ2n) is 6.64. The lowest BCUT2D eigenvalue weighted by Gasteiger charge is -2.61. The highest BCUT2D eigenvalue weighted by molar-refractivity contribution is 5.94. The average molecular weight is 333 g/mol. The number of nitrogens with zero attached hydrogens (tertiary/aromatic N) is 1. The summed E-state index contributed by atoms with van der Waals surface area (Å²) in [6, 6.07) is 4.12. The summed E-state index contributed by atoms with van der Waals surface area (Å²) in [5.41, 5.74) is 0.865. The lowest BCUT2D eigenvalue weighted by Crippen LogP contribution is -2.64. The first-order valence-corrected chi connectivity index (χ1v) is 8.81. The first-order valence-electron chi connectivity index (χ1n) is 8.81. The molecule has 132 valence electrons. The van der Waals surface area contributed by atoms with Crippen LogP contribution in [0.4, 0.5) is 5.82 Å². The second kappa shape index (κ2) is 7.49. The van der Waals surface area contributed by atoms with E-state index in [1.54, 1.807) is 13.3 Å². The van der Waals surface area contributed by atoms with E-state index in [0.29, 0.717) is 36.3 Å². The summed E-state index contributed by atoms with van der Waals surface area (Å²) in [6.45, 7) is 3.84. The minimum Gasteiger partial charge on any atom is -0.383 e. The van der Waals surface area contributed by atoms with Crippen molar-refractivity contribution >= 4 is 11.7 Å². The third-order valence-electron chi connectivity index (χ3n) is 5.38. The van der Waals surface area contributed by atoms with Crippen LogP contribution in [0.15, 0.2) is 18.3 Å². The molecule has 3 rings (SSSR count). The molecular weight excluding hydrogens is 306 g/mol. The van der Waals surface area contributed by atoms with E-state index in [-0.39, 0.29) is 5.91 Å². The zero-order valence-corrected chi connectivity index (χ0v) is 14.5. The molecule has 24 heavy (non-hydrogen) atoms. The molecule has 1 amide bonds. The number of methoxy groups -OCH3 is 1. The molecule has 0 radical (unpaired) electrons. The number of aromatic nitrogens is 1. The van der Waals surface area contributed by atoms with E-state index >= 15 is 0 Å². The molecule has 0 bridgehead atoms. The van der Waals surface area contributed by atoms with Crippen LogP contribution >= 0.6 is 0 Å². The van der Waals surface area contributed by atoms with E-state index in [1.807, 2.05) is 12.1 Å². The van der Waals surface area contributed by atoms with Crippen LogP contribution in [0.1, 0.15) is 43.0 Å². The molecule has 0 aromatic carbocycles. The van der Waals surface area contributed by atoms with Gasteiger partial charge in [0.25, 0.3) is 5.91 Å². The van der Waals surface area contributed by atoms with Crippen LogP contribution < -0.4 is 10.6 Å². The van der Waals surface area contributed by atoms with Crippen LogP contribution in [0.3, 0.4) is 0 Å². The fraction of sp³-hybridized carbons (Fsp3) is 0.667. The van der Waals surface area contributed by atoms with Gasteiger partial charge >= 0.3 is 0 Å². The number of carbonyl (C=O) groups is 1. The first-order chi connectivity index (χ1) is 11.7. The zero-order valence-electron chi connectivity index (χ0n) is 14.5. The molecule has 1 heterocycles. The number of rotatable bonds is 8. The van der Waals surface area contributed by atoms with Gasteiger partial charge in [-0.15, -0.1) is 0 Å². The molecule has 2 atom stereocenters. The Hall–Kier alpha value is -1.66. The van der Waals surface area contributed by atoms with Gasteiger partial charge in [-0.05, 0) is 38.3 Å². The maximum Gasteiger partial charge on any atom is 0.252 e. The molecule has 2 aliphatic rings. The van der Waals surface area contributed by atoms with E-state index in [1.165, 1.54) is 19.3 Å². The Morgan fingerprint density at radius 2 is 2.25 bits per heavy atom. The van der Waals surface area contributed by atoms with Crippen molar-refractivity contribution in [3.05, 3.63) is 23.9 Å². The minimum absolute atomic E-state index is 0.124. The van der Waals surface area contributed by atoms with Crippen molar-refractivity contribution in [2.45, 2.75) is 44.8 Å². The predicted molar refractivity (Wildman–Crippen MR) is 92.2 cm³/mol. The molecule has 0 unspecified atom stereocenters. The first kappa shape index (κ1) is 17.2. The molecule has 2 saturated carbocycles. The molecule has 1 spiro atoms. The topological polar surface area (TPSA) is 72.5 Å². The standard InChI is InChI=1S/C18H27N3O3/c1-3-24-15-11-14(18(15)7-4-8-18)21-16-6-5-13(12-20-16)17(22)19-9-10-23-2/h5-6,12,14-15H,3-4,7-11H2,1-2H3,(H,19,22)(H,20,21)/t14-,15-/m0/s1. The van der Waals surface area contributed by atoms with Crippen molar-refractivity contribution in [3.8, 4) is 0 Å². The van der Waals surface area contributed by atoms with Crippen molar-refractivity contribution in [3.63, 3.8) is 0 Å². The molecular formula is C18H27N3O3. The largest absolute Gasteiger partial charge is 0.383 e. The zero-order chi connectivity index (χ0) is 17.0. The number of anilines is 1. The van der Waals surface area contributed by atoms with E-state index < -0.39 is 0 Å². The highest BCUT2D eigenvalue weighted by Gasteiger charge is 2.58. The predicted octanol–water partition coefficient (Wildman–Crippen LogP) is 2.22. The normalized spacial score (nSPS) is 24.1. The van der Waals surface area contributed by atoms with Crippen molar-refractivity contribution in [1.29, 1.82) is 0 Å². The van der Waals surface area contributed by atoms with Gasteiger partial charge in [0.05, 0.1) is 18.3 Å². The van der Waals surface area contributed by atoms with Crippen LogP contribution in [0.2, 0.25) is 0 Å². The van der Waals surface area contributed by atoms with Gasteiger partial charge in [0.2, 0.25) is 0 Å². The molecule has 1 aromatic rings. The maximum atomic E-state index is 12.0. The third kappa shape index (κ3) is 3.26. The summed E-state index contributed by atoms with van der Waals surface area (Å²) in [6.07, 6.45) is 6.80. The van der Waals surface area contributed by atoms with Crippen molar-refractivity contribution in [2.75, 3.05) is 32.2 Å². The molecule has 6 heteroatoms. The number of hydrogen-bond donors (Lipinski definition) is 2. The molecule has 0 saturated heterocycles. The molecule has 1 aromatic heterocycles. The number of ether oxygens (including phenoxy) is 2. The number of amides is 1. The number of nitrogens with one attached hydrogen (secondary N) is 2. The fourth-order valence-electron chi connectivity index (χ4n) is 3.80. The van der Waals surface area contributed by atoms with Crippen molar-refractivity contribution < 1.29 is 14.3 Å². The Bertz CT molecular complexity index is 557. The Labute approximate surface area is 143 Å². The Morgan fingerprint density at radius 1 is 1.42 bits per heavy atom. The number of carbonyl (C=O) groups excluding carboxylic acids is 1. The highest BCUT2D eigenvalue weighted by Crippen LogP contribution is 2.58. The van der Waals surface area contributed by atoms with Gasteiger partial charge in [-0.1, -0.05) is 6.42 Å². The van der Waals surface area contributed by atoms with Crippen LogP contribution in [0.25, 0.3) is 0 Å². The van der Waals surface area contributed by atoms with Gasteiger partial charge in [-0.2, -0.15) is 0 Å². The van der Waals surface area contributed by atoms with E-state index in [9.17, 15) is 4.79 Å². The quantitative estimate of drug-likeness (QED) is 0.714. The molecule has 2 N–H and O–H groups in total. The monoisotopic (exact) mass is 333 g/mol. The highest BCUT2D eigenvalue weighted by atomic mass is 16.5. The summed E-state index contributed by atoms with van der Waals surface area (Å²) in [7, 11) is 1.61. The summed E-state index contributed by atoms with van der Waals surface area (Å²) in [4.78, 5) is 16.4. The van der Waals surface area contributed by atoms with E-state index in [2.05, 4.69) is 22.5 Å². The number of pyridine rings is 1. The van der Waals surface area contributed by atoms with Crippen LogP contribution in [-0.2, 0) is 9.47 Å². The van der Waals surface area contributed by atoms with Gasteiger partial charge < -0.3 is 20.1 Å². The van der Waals surface area contributed by atoms with Crippen molar-refractivity contribution in [1.82, 2.24) is 10.3 Å². The summed E-state index contributed by atoms with van der Waals surface area (Å²) in [5, 5.41) is 6.33. The number of hydrogen-bond acceptors (Lipinski definition) is 5. The summed E-state index contributed by atoms with van der Waals surface area (Å²) < 4.78 is 10.8. The van der Waals surface area contributed by atoms with Gasteiger partial charge in [0, 0.05) is 37.9 Å². The minimum atomic E-state index is -0.124. The lowest BCUT2D eigenvalue weighted by molar-refractivity contribution is -0.157. The SMILES string of the molecule is CCO[C@H]1C[C@H](Nc2ccc(C(=O)NCCOC)cn2)C12CCC2. The van der Waals surface area contributed by atoms with E-state index in [4.69, 9.17) is 9.47 Å². The maximum absolute atomic E-state index is 12.0. The Kier molecular flexibility index (Phi) is 5.36. The summed E-state index contributed by atoms with van der Waals surface area (Å²) in [5.74, 6) is 0.705. The van der Waals surface area contributed by atoms with Crippen LogP contribution in [-0.4, -0.2) is 49.9 Å². The van der Waals surface area contributed by atoms with Crippen LogP contribution in [0, 0.1) is 5.41 Å². The molecule has 0 aliphatic heterocycles. The molecule has 2 fully saturated rings. The molecule has 2 aliphatic carbocycles. The molecule has 6 nitrogen and oxygen atoms in total. The van der Waals surface area contributed by atoms with E-state index in [0.717, 1.165) is 18.8 Å². The van der Waals surface area contributed by atoms with Crippen molar-refractivity contribution in [2.24, 2.45) is 5.41 Å². The Balaban J connectivity index is 1.54. The van der Waals surface area contributed by atoms with Gasteiger partial charge in [0.15, 0.2) is 0 Å². The third-order valence-corrected chi connectivity index (χ3v) is 5.38. The van der Waals surface area contributed by atoms with Gasteiger partial charge in [-0.25, -0.2) is 4.98 Å². The van der Waals surface area contributed by atoms with Gasteiger partial charge in [-0.3, -0.25) is 4.79 Å². The second-order valence-corrected chi connectivity index (χ2v) is 6.64. The Morgan fingerprint density at radius 3 is 2.83 bits per heavy atom. The lowest BCUT2D eigenvalue weighted by atomic mass is 9.51. The summed E-state index contributed by atoms with van der Waals surface area (Å²) >= 11 is 0. The van der Waals surface area contributed by atoms with Crippen LogP contribution in [0.5, 0.6) is 0 Å².